The second kappa shape index (κ2) is 5.98. The van der Waals surface area contributed by atoms with Crippen molar-refractivity contribution < 1.29 is 9.18 Å². The summed E-state index contributed by atoms with van der Waals surface area (Å²) < 4.78 is 13.1. The summed E-state index contributed by atoms with van der Waals surface area (Å²) in [4.78, 5) is 13.1. The average Bonchev–Trinajstić information content (AvgIpc) is 3.25. The first-order valence-electron chi connectivity index (χ1n) is 8.38. The lowest BCUT2D eigenvalue weighted by molar-refractivity contribution is -0.123. The van der Waals surface area contributed by atoms with Crippen LogP contribution in [0.25, 0.3) is 0 Å². The van der Waals surface area contributed by atoms with Crippen LogP contribution >= 0.6 is 11.6 Å². The molecule has 1 aliphatic carbocycles. The zero-order valence-electron chi connectivity index (χ0n) is 13.3. The third-order valence-corrected chi connectivity index (χ3v) is 5.66. The molecular formula is C20H19ClFNO. The molecule has 1 aliphatic heterocycles. The van der Waals surface area contributed by atoms with Crippen molar-refractivity contribution in [2.45, 2.75) is 36.6 Å². The quantitative estimate of drug-likeness (QED) is 0.900. The molecule has 1 N–H and O–H groups in total. The van der Waals surface area contributed by atoms with Gasteiger partial charge < -0.3 is 5.32 Å². The maximum absolute atomic E-state index is 13.1. The van der Waals surface area contributed by atoms with Crippen LogP contribution in [0.3, 0.4) is 0 Å². The number of hydrogen-bond acceptors (Lipinski definition) is 2. The first-order valence-corrected chi connectivity index (χ1v) is 8.75. The Morgan fingerprint density at radius 1 is 1.08 bits per heavy atom. The van der Waals surface area contributed by atoms with Gasteiger partial charge >= 0.3 is 0 Å². The lowest BCUT2D eigenvalue weighted by Crippen LogP contribution is -2.38. The van der Waals surface area contributed by atoms with Gasteiger partial charge in [0.2, 0.25) is 0 Å². The predicted molar refractivity (Wildman–Crippen MR) is 92.9 cm³/mol. The van der Waals surface area contributed by atoms with Crippen molar-refractivity contribution in [3.05, 3.63) is 70.5 Å². The van der Waals surface area contributed by atoms with E-state index in [0.29, 0.717) is 5.02 Å². The van der Waals surface area contributed by atoms with Gasteiger partial charge in [0, 0.05) is 11.6 Å². The van der Waals surface area contributed by atoms with Gasteiger partial charge in [0.05, 0.1) is 11.5 Å². The Hall–Kier alpha value is -1.71. The number of rotatable bonds is 4. The molecule has 2 atom stereocenters. The molecule has 1 saturated carbocycles. The molecular weight excluding hydrogens is 325 g/mol. The Morgan fingerprint density at radius 2 is 1.75 bits per heavy atom. The van der Waals surface area contributed by atoms with E-state index in [1.807, 2.05) is 36.4 Å². The summed E-state index contributed by atoms with van der Waals surface area (Å²) in [5, 5.41) is 4.07. The fourth-order valence-electron chi connectivity index (χ4n) is 3.83. The summed E-state index contributed by atoms with van der Waals surface area (Å²) in [6, 6.07) is 14.1. The van der Waals surface area contributed by atoms with E-state index in [0.717, 1.165) is 36.9 Å². The highest BCUT2D eigenvalue weighted by Crippen LogP contribution is 2.50. The fraction of sp³-hybridized carbons (Fsp3) is 0.350. The van der Waals surface area contributed by atoms with E-state index in [1.165, 1.54) is 12.1 Å². The van der Waals surface area contributed by atoms with Gasteiger partial charge in [-0.15, -0.1) is 0 Å². The van der Waals surface area contributed by atoms with E-state index < -0.39 is 0 Å². The van der Waals surface area contributed by atoms with E-state index in [9.17, 15) is 9.18 Å². The SMILES string of the molecule is O=C(C1CC(c2ccc(F)cc2)CN1)C1(c2ccc(Cl)cc2)CC1. The smallest absolute Gasteiger partial charge is 0.160 e. The number of Topliss-reactive ketones (excluding diaryl/α,β-unsaturated/α-hetero) is 1. The van der Waals surface area contributed by atoms with Gasteiger partial charge in [-0.05, 0) is 60.6 Å². The van der Waals surface area contributed by atoms with Crippen molar-refractivity contribution in [1.82, 2.24) is 5.32 Å². The molecule has 2 aromatic carbocycles. The average molecular weight is 344 g/mol. The van der Waals surface area contributed by atoms with Crippen LogP contribution in [0.15, 0.2) is 48.5 Å². The van der Waals surface area contributed by atoms with Gasteiger partial charge in [0.15, 0.2) is 5.78 Å². The molecule has 0 spiro atoms. The molecule has 2 nitrogen and oxygen atoms in total. The first kappa shape index (κ1) is 15.8. The number of carbonyl (C=O) groups excluding carboxylic acids is 1. The summed E-state index contributed by atoms with van der Waals surface area (Å²) >= 11 is 5.96. The lowest BCUT2D eigenvalue weighted by atomic mass is 9.85. The number of halogens is 2. The Morgan fingerprint density at radius 3 is 2.38 bits per heavy atom. The second-order valence-electron chi connectivity index (χ2n) is 6.90. The maximum Gasteiger partial charge on any atom is 0.160 e. The third kappa shape index (κ3) is 2.76. The van der Waals surface area contributed by atoms with Crippen LogP contribution < -0.4 is 5.32 Å². The van der Waals surface area contributed by atoms with Crippen LogP contribution in [0.2, 0.25) is 5.02 Å². The summed E-state index contributed by atoms with van der Waals surface area (Å²) in [7, 11) is 0. The molecule has 2 aromatic rings. The van der Waals surface area contributed by atoms with Gasteiger partial charge in [-0.2, -0.15) is 0 Å². The first-order chi connectivity index (χ1) is 11.6. The summed E-state index contributed by atoms with van der Waals surface area (Å²) in [5.41, 5.74) is 1.83. The van der Waals surface area contributed by atoms with Crippen LogP contribution in [0.5, 0.6) is 0 Å². The van der Waals surface area contributed by atoms with E-state index in [-0.39, 0.29) is 29.0 Å². The summed E-state index contributed by atoms with van der Waals surface area (Å²) in [5.74, 6) is 0.326. The molecule has 0 aromatic heterocycles. The summed E-state index contributed by atoms with van der Waals surface area (Å²) in [6.45, 7) is 0.763. The molecule has 4 rings (SSSR count). The zero-order chi connectivity index (χ0) is 16.7. The zero-order valence-corrected chi connectivity index (χ0v) is 14.0. The van der Waals surface area contributed by atoms with Crippen molar-refractivity contribution in [2.75, 3.05) is 6.54 Å². The second-order valence-corrected chi connectivity index (χ2v) is 7.33. The number of carbonyl (C=O) groups is 1. The molecule has 2 fully saturated rings. The molecule has 0 radical (unpaired) electrons. The predicted octanol–water partition coefficient (Wildman–Crippen LogP) is 4.23. The normalized spacial score (nSPS) is 24.8. The third-order valence-electron chi connectivity index (χ3n) is 5.41. The van der Waals surface area contributed by atoms with Crippen LogP contribution in [-0.4, -0.2) is 18.4 Å². The lowest BCUT2D eigenvalue weighted by Gasteiger charge is -2.19. The van der Waals surface area contributed by atoms with Crippen molar-refractivity contribution >= 4 is 17.4 Å². The van der Waals surface area contributed by atoms with Gasteiger partial charge in [0.1, 0.15) is 5.82 Å². The Balaban J connectivity index is 1.49. The number of benzene rings is 2. The Kier molecular flexibility index (Phi) is 3.93. The highest BCUT2D eigenvalue weighted by atomic mass is 35.5. The van der Waals surface area contributed by atoms with Gasteiger partial charge in [0.25, 0.3) is 0 Å². The fourth-order valence-corrected chi connectivity index (χ4v) is 3.96. The van der Waals surface area contributed by atoms with Gasteiger partial charge in [-0.3, -0.25) is 4.79 Å². The number of hydrogen-bond donors (Lipinski definition) is 1. The molecule has 2 unspecified atom stereocenters. The molecule has 1 heterocycles. The number of nitrogens with one attached hydrogen (secondary N) is 1. The van der Waals surface area contributed by atoms with Crippen LogP contribution in [-0.2, 0) is 10.2 Å². The minimum Gasteiger partial charge on any atom is -0.307 e. The standard InChI is InChI=1S/C20H19ClFNO/c21-16-5-3-15(4-6-16)20(9-10-20)19(24)18-11-14(12-23-18)13-1-7-17(22)8-2-13/h1-8,14,18,23H,9-12H2. The molecule has 4 heteroatoms. The Bertz CT molecular complexity index is 752. The Labute approximate surface area is 146 Å². The largest absolute Gasteiger partial charge is 0.307 e. The van der Waals surface area contributed by atoms with E-state index in [2.05, 4.69) is 5.32 Å². The molecule has 24 heavy (non-hydrogen) atoms. The minimum atomic E-state index is -0.333. The van der Waals surface area contributed by atoms with Gasteiger partial charge in [-0.1, -0.05) is 35.9 Å². The highest BCUT2D eigenvalue weighted by Gasteiger charge is 2.53. The minimum absolute atomic E-state index is 0.127. The number of ketones is 1. The van der Waals surface area contributed by atoms with Crippen LogP contribution in [0.1, 0.15) is 36.3 Å². The van der Waals surface area contributed by atoms with Crippen molar-refractivity contribution in [1.29, 1.82) is 0 Å². The van der Waals surface area contributed by atoms with E-state index >= 15 is 0 Å². The van der Waals surface area contributed by atoms with E-state index in [4.69, 9.17) is 11.6 Å². The monoisotopic (exact) mass is 343 g/mol. The van der Waals surface area contributed by atoms with Crippen LogP contribution in [0.4, 0.5) is 4.39 Å². The van der Waals surface area contributed by atoms with Crippen molar-refractivity contribution in [3.8, 4) is 0 Å². The molecule has 2 aliphatic rings. The molecule has 124 valence electrons. The maximum atomic E-state index is 13.1. The van der Waals surface area contributed by atoms with Crippen molar-refractivity contribution in [3.63, 3.8) is 0 Å². The summed E-state index contributed by atoms with van der Waals surface area (Å²) in [6.07, 6.45) is 2.60. The van der Waals surface area contributed by atoms with Crippen LogP contribution in [0, 0.1) is 5.82 Å². The van der Waals surface area contributed by atoms with Crippen molar-refractivity contribution in [2.24, 2.45) is 0 Å². The molecule has 0 bridgehead atoms. The van der Waals surface area contributed by atoms with Gasteiger partial charge in [-0.25, -0.2) is 4.39 Å². The molecule has 1 saturated heterocycles. The molecule has 0 amide bonds. The topological polar surface area (TPSA) is 29.1 Å². The highest BCUT2D eigenvalue weighted by molar-refractivity contribution is 6.30. The van der Waals surface area contributed by atoms with E-state index in [1.54, 1.807) is 0 Å².